The van der Waals surface area contributed by atoms with Gasteiger partial charge in [0.05, 0.1) is 17.1 Å². The van der Waals surface area contributed by atoms with Crippen molar-refractivity contribution in [2.75, 3.05) is 36.8 Å². The summed E-state index contributed by atoms with van der Waals surface area (Å²) in [7, 11) is 0. The number of anilines is 2. The summed E-state index contributed by atoms with van der Waals surface area (Å²) < 4.78 is 34.4. The van der Waals surface area contributed by atoms with Crippen LogP contribution in [0, 0.1) is 0 Å². The number of imidazole rings is 1. The van der Waals surface area contributed by atoms with Crippen LogP contribution in [0.1, 0.15) is 58.1 Å². The SMILES string of the molecule is CC(C)(C)OC(=O)N1CCC(c2cn3cc(N)c(N4CCC(F)(F)CC4)cc3n2)CC1. The molecule has 2 fully saturated rings. The van der Waals surface area contributed by atoms with Crippen LogP contribution in [0.4, 0.5) is 25.0 Å². The van der Waals surface area contributed by atoms with Gasteiger partial charge in [-0.15, -0.1) is 0 Å². The molecule has 1 amide bonds. The molecule has 4 rings (SSSR count). The average Bonchev–Trinajstić information content (AvgIpc) is 3.09. The third kappa shape index (κ3) is 4.85. The highest BCUT2D eigenvalue weighted by atomic mass is 19.3. The number of halogens is 2. The Labute approximate surface area is 181 Å². The molecule has 0 bridgehead atoms. The van der Waals surface area contributed by atoms with E-state index in [0.29, 0.717) is 18.8 Å². The summed E-state index contributed by atoms with van der Waals surface area (Å²) >= 11 is 0. The number of carbonyl (C=O) groups excluding carboxylic acids is 1. The van der Waals surface area contributed by atoms with Crippen LogP contribution in [0.3, 0.4) is 0 Å². The van der Waals surface area contributed by atoms with E-state index in [0.717, 1.165) is 29.9 Å². The molecule has 7 nitrogen and oxygen atoms in total. The fraction of sp³-hybridized carbons (Fsp3) is 0.636. The van der Waals surface area contributed by atoms with Gasteiger partial charge >= 0.3 is 6.09 Å². The van der Waals surface area contributed by atoms with Crippen LogP contribution in [0.5, 0.6) is 0 Å². The van der Waals surface area contributed by atoms with Gasteiger partial charge in [0, 0.05) is 63.4 Å². The molecule has 0 aromatic carbocycles. The number of aromatic nitrogens is 2. The first kappa shape index (κ1) is 21.6. The number of nitrogens with zero attached hydrogens (tertiary/aromatic N) is 4. The largest absolute Gasteiger partial charge is 0.444 e. The quantitative estimate of drug-likeness (QED) is 0.763. The van der Waals surface area contributed by atoms with Crippen molar-refractivity contribution in [3.05, 3.63) is 24.2 Å². The first-order chi connectivity index (χ1) is 14.5. The van der Waals surface area contributed by atoms with E-state index in [2.05, 4.69) is 0 Å². The molecule has 9 heteroatoms. The number of hydrogen-bond acceptors (Lipinski definition) is 5. The standard InChI is InChI=1S/C22H31F2N5O2/c1-21(2,3)31-20(30)28-8-4-15(5-9-28)17-14-29-13-16(25)18(12-19(29)26-17)27-10-6-22(23,24)7-11-27/h12-15H,4-11,25H2,1-3H3. The van der Waals surface area contributed by atoms with Crippen LogP contribution < -0.4 is 10.6 Å². The first-order valence-electron chi connectivity index (χ1n) is 10.9. The van der Waals surface area contributed by atoms with Gasteiger partial charge in [-0.1, -0.05) is 0 Å². The van der Waals surface area contributed by atoms with Gasteiger partial charge < -0.3 is 24.7 Å². The molecular formula is C22H31F2N5O2. The van der Waals surface area contributed by atoms with Gasteiger partial charge in [-0.05, 0) is 33.6 Å². The van der Waals surface area contributed by atoms with Crippen LogP contribution in [-0.4, -0.2) is 58.1 Å². The third-order valence-corrected chi connectivity index (χ3v) is 6.02. The maximum Gasteiger partial charge on any atom is 0.410 e. The number of ether oxygens (including phenoxy) is 1. The van der Waals surface area contributed by atoms with Crippen molar-refractivity contribution in [1.29, 1.82) is 0 Å². The minimum absolute atomic E-state index is 0.159. The highest BCUT2D eigenvalue weighted by molar-refractivity contribution is 5.72. The summed E-state index contributed by atoms with van der Waals surface area (Å²) in [5, 5.41) is 0. The summed E-state index contributed by atoms with van der Waals surface area (Å²) in [6.07, 6.45) is 4.82. The molecule has 2 saturated heterocycles. The summed E-state index contributed by atoms with van der Waals surface area (Å²) in [5.41, 5.74) is 8.78. The predicted octanol–water partition coefficient (Wildman–Crippen LogP) is 4.27. The average molecular weight is 436 g/mol. The molecule has 0 unspecified atom stereocenters. The predicted molar refractivity (Wildman–Crippen MR) is 116 cm³/mol. The van der Waals surface area contributed by atoms with Gasteiger partial charge in [0.2, 0.25) is 0 Å². The molecular weight excluding hydrogens is 404 g/mol. The van der Waals surface area contributed by atoms with Crippen molar-refractivity contribution in [2.45, 2.75) is 63.9 Å². The number of piperidine rings is 2. The van der Waals surface area contributed by atoms with Crippen LogP contribution in [0.25, 0.3) is 5.65 Å². The Morgan fingerprint density at radius 1 is 1.16 bits per heavy atom. The Kier molecular flexibility index (Phi) is 5.47. The zero-order valence-corrected chi connectivity index (χ0v) is 18.4. The Hall–Kier alpha value is -2.58. The fourth-order valence-electron chi connectivity index (χ4n) is 4.29. The van der Waals surface area contributed by atoms with E-state index in [1.54, 1.807) is 4.90 Å². The Morgan fingerprint density at radius 3 is 2.42 bits per heavy atom. The van der Waals surface area contributed by atoms with Gasteiger partial charge in [-0.2, -0.15) is 0 Å². The van der Waals surface area contributed by atoms with E-state index < -0.39 is 11.5 Å². The number of pyridine rings is 1. The normalized spacial score (nSPS) is 20.3. The number of nitrogens with two attached hydrogens (primary N) is 1. The van der Waals surface area contributed by atoms with E-state index >= 15 is 0 Å². The maximum absolute atomic E-state index is 13.5. The van der Waals surface area contributed by atoms with E-state index in [1.165, 1.54) is 0 Å². The Bertz CT molecular complexity index is 951. The second kappa shape index (κ2) is 7.84. The summed E-state index contributed by atoms with van der Waals surface area (Å²) in [6, 6.07) is 1.89. The smallest absolute Gasteiger partial charge is 0.410 e. The van der Waals surface area contributed by atoms with E-state index in [4.69, 9.17) is 15.5 Å². The van der Waals surface area contributed by atoms with Gasteiger partial charge in [0.15, 0.2) is 0 Å². The highest BCUT2D eigenvalue weighted by Gasteiger charge is 2.35. The molecule has 170 valence electrons. The van der Waals surface area contributed by atoms with Gasteiger partial charge in [0.25, 0.3) is 5.92 Å². The second-order valence-corrected chi connectivity index (χ2v) is 9.63. The number of hydrogen-bond donors (Lipinski definition) is 1. The van der Waals surface area contributed by atoms with Crippen molar-refractivity contribution in [3.63, 3.8) is 0 Å². The zero-order valence-electron chi connectivity index (χ0n) is 18.4. The van der Waals surface area contributed by atoms with E-state index in [1.807, 2.05) is 48.5 Å². The zero-order chi connectivity index (χ0) is 22.4. The third-order valence-electron chi connectivity index (χ3n) is 6.02. The van der Waals surface area contributed by atoms with Gasteiger partial charge in [-0.25, -0.2) is 18.6 Å². The molecule has 0 aliphatic carbocycles. The number of carbonyl (C=O) groups is 1. The van der Waals surface area contributed by atoms with Gasteiger partial charge in [-0.3, -0.25) is 0 Å². The number of likely N-dealkylation sites (tertiary alicyclic amines) is 1. The molecule has 0 radical (unpaired) electrons. The molecule has 0 spiro atoms. The van der Waals surface area contributed by atoms with E-state index in [-0.39, 0.29) is 37.9 Å². The minimum Gasteiger partial charge on any atom is -0.444 e. The lowest BCUT2D eigenvalue weighted by Gasteiger charge is -2.34. The van der Waals surface area contributed by atoms with Crippen LogP contribution >= 0.6 is 0 Å². The lowest BCUT2D eigenvalue weighted by Crippen LogP contribution is -2.41. The lowest BCUT2D eigenvalue weighted by atomic mass is 9.94. The van der Waals surface area contributed by atoms with Crippen LogP contribution in [0.15, 0.2) is 18.5 Å². The lowest BCUT2D eigenvalue weighted by molar-refractivity contribution is -0.0220. The molecule has 0 atom stereocenters. The van der Waals surface area contributed by atoms with Crippen molar-refractivity contribution in [2.24, 2.45) is 0 Å². The van der Waals surface area contributed by atoms with Crippen molar-refractivity contribution >= 4 is 23.1 Å². The maximum atomic E-state index is 13.5. The monoisotopic (exact) mass is 435 g/mol. The second-order valence-electron chi connectivity index (χ2n) is 9.63. The van der Waals surface area contributed by atoms with Crippen LogP contribution in [0.2, 0.25) is 0 Å². The number of amides is 1. The summed E-state index contributed by atoms with van der Waals surface area (Å²) in [5.74, 6) is -2.35. The van der Waals surface area contributed by atoms with Gasteiger partial charge in [0.1, 0.15) is 11.2 Å². The van der Waals surface area contributed by atoms with Crippen molar-refractivity contribution in [3.8, 4) is 0 Å². The molecule has 2 aliphatic heterocycles. The van der Waals surface area contributed by atoms with Crippen molar-refractivity contribution in [1.82, 2.24) is 14.3 Å². The van der Waals surface area contributed by atoms with Crippen molar-refractivity contribution < 1.29 is 18.3 Å². The molecule has 2 N–H and O–H groups in total. The Balaban J connectivity index is 1.45. The fourth-order valence-corrected chi connectivity index (χ4v) is 4.29. The summed E-state index contributed by atoms with van der Waals surface area (Å²) in [4.78, 5) is 20.7. The topological polar surface area (TPSA) is 76.1 Å². The Morgan fingerprint density at radius 2 is 1.81 bits per heavy atom. The number of alkyl halides is 2. The molecule has 31 heavy (non-hydrogen) atoms. The molecule has 2 aromatic heterocycles. The highest BCUT2D eigenvalue weighted by Crippen LogP contribution is 2.34. The first-order valence-corrected chi connectivity index (χ1v) is 10.9. The number of nitrogen functional groups attached to an aromatic ring is 1. The van der Waals surface area contributed by atoms with E-state index in [9.17, 15) is 13.6 Å². The minimum atomic E-state index is -2.59. The molecule has 0 saturated carbocycles. The molecule has 2 aliphatic rings. The van der Waals surface area contributed by atoms with Crippen LogP contribution in [-0.2, 0) is 4.74 Å². The number of rotatable bonds is 2. The number of fused-ring (bicyclic) bond motifs is 1. The summed E-state index contributed by atoms with van der Waals surface area (Å²) in [6.45, 7) is 7.41. The molecule has 4 heterocycles. The molecule has 2 aromatic rings.